The fourth-order valence-electron chi connectivity index (χ4n) is 2.91. The summed E-state index contributed by atoms with van der Waals surface area (Å²) in [6.45, 7) is 1.40. The summed E-state index contributed by atoms with van der Waals surface area (Å²) >= 11 is 6.14. The Hall–Kier alpha value is -2.34. The van der Waals surface area contributed by atoms with Crippen molar-refractivity contribution in [3.05, 3.63) is 47.2 Å². The third kappa shape index (κ3) is 4.20. The first kappa shape index (κ1) is 17.5. The topological polar surface area (TPSA) is 61.4 Å². The number of rotatable bonds is 4. The molecule has 1 aliphatic rings. The summed E-state index contributed by atoms with van der Waals surface area (Å²) in [6, 6.07) is 9.42. The van der Waals surface area contributed by atoms with Gasteiger partial charge in [-0.15, -0.1) is 0 Å². The van der Waals surface area contributed by atoms with Gasteiger partial charge in [-0.1, -0.05) is 23.7 Å². The Balaban J connectivity index is 1.58. The quantitative estimate of drug-likeness (QED) is 0.909. The molecule has 1 aromatic heterocycles. The van der Waals surface area contributed by atoms with E-state index in [0.717, 1.165) is 24.5 Å². The van der Waals surface area contributed by atoms with Gasteiger partial charge in [-0.05, 0) is 25.0 Å². The molecule has 1 aliphatic heterocycles. The second-order valence-electron chi connectivity index (χ2n) is 6.35. The molecule has 0 saturated carbocycles. The van der Waals surface area contributed by atoms with Crippen LogP contribution in [-0.4, -0.2) is 54.0 Å². The van der Waals surface area contributed by atoms with Crippen molar-refractivity contribution >= 4 is 29.1 Å². The third-order valence-corrected chi connectivity index (χ3v) is 4.68. The van der Waals surface area contributed by atoms with E-state index in [0.29, 0.717) is 29.7 Å². The van der Waals surface area contributed by atoms with Crippen molar-refractivity contribution in [2.24, 2.45) is 0 Å². The smallest absolute Gasteiger partial charge is 0.255 e. The molecule has 0 bridgehead atoms. The lowest BCUT2D eigenvalue weighted by molar-refractivity contribution is 0.0718. The lowest BCUT2D eigenvalue weighted by Gasteiger charge is -2.33. The fraction of sp³-hybridized carbons (Fsp3) is 0.389. The first-order valence-electron chi connectivity index (χ1n) is 8.34. The molecule has 1 aromatic carbocycles. The maximum absolute atomic E-state index is 12.6. The minimum atomic E-state index is 0.000908. The van der Waals surface area contributed by atoms with Gasteiger partial charge in [0.25, 0.3) is 5.91 Å². The van der Waals surface area contributed by atoms with Crippen molar-refractivity contribution in [2.75, 3.05) is 37.4 Å². The number of nitrogens with zero attached hydrogens (tertiary/aromatic N) is 4. The number of amides is 1. The summed E-state index contributed by atoms with van der Waals surface area (Å²) in [5.74, 6) is 1.68. The molecule has 1 amide bonds. The average molecular weight is 360 g/mol. The van der Waals surface area contributed by atoms with Gasteiger partial charge in [-0.3, -0.25) is 4.79 Å². The number of carbonyl (C=O) groups excluding carboxylic acids is 1. The first-order valence-corrected chi connectivity index (χ1v) is 8.72. The van der Waals surface area contributed by atoms with E-state index < -0.39 is 0 Å². The number of hydrogen-bond acceptors (Lipinski definition) is 5. The Bertz CT molecular complexity index is 744. The lowest BCUT2D eigenvalue weighted by Crippen LogP contribution is -2.42. The number of hydrogen-bond donors (Lipinski definition) is 1. The molecular weight excluding hydrogens is 338 g/mol. The van der Waals surface area contributed by atoms with E-state index in [9.17, 15) is 4.79 Å². The molecule has 1 fully saturated rings. The SMILES string of the molecule is CN(C)c1cc(NC2CCN(C(=O)c3ccccc3Cl)CC2)ncn1. The van der Waals surface area contributed by atoms with E-state index in [2.05, 4.69) is 15.3 Å². The van der Waals surface area contributed by atoms with Crippen LogP contribution in [0.5, 0.6) is 0 Å². The van der Waals surface area contributed by atoms with Gasteiger partial charge in [-0.2, -0.15) is 0 Å². The van der Waals surface area contributed by atoms with Crippen molar-refractivity contribution in [1.29, 1.82) is 0 Å². The van der Waals surface area contributed by atoms with Gasteiger partial charge in [0.1, 0.15) is 18.0 Å². The number of benzene rings is 1. The number of aromatic nitrogens is 2. The van der Waals surface area contributed by atoms with Gasteiger partial charge in [0.15, 0.2) is 0 Å². The van der Waals surface area contributed by atoms with Crippen molar-refractivity contribution in [2.45, 2.75) is 18.9 Å². The van der Waals surface area contributed by atoms with Gasteiger partial charge in [0.2, 0.25) is 0 Å². The lowest BCUT2D eigenvalue weighted by atomic mass is 10.0. The van der Waals surface area contributed by atoms with Crippen LogP contribution < -0.4 is 10.2 Å². The fourth-order valence-corrected chi connectivity index (χ4v) is 3.13. The molecule has 0 radical (unpaired) electrons. The highest BCUT2D eigenvalue weighted by Gasteiger charge is 2.24. The standard InChI is InChI=1S/C18H22ClN5O/c1-23(2)17-11-16(20-12-21-17)22-13-7-9-24(10-8-13)18(25)14-5-3-4-6-15(14)19/h3-6,11-13H,7-10H2,1-2H3,(H,20,21,22). The molecular formula is C18H22ClN5O. The van der Waals surface area contributed by atoms with E-state index in [1.165, 1.54) is 0 Å². The van der Waals surface area contributed by atoms with Crippen LogP contribution in [0.15, 0.2) is 36.7 Å². The van der Waals surface area contributed by atoms with Gasteiger partial charge < -0.3 is 15.1 Å². The zero-order chi connectivity index (χ0) is 17.8. The van der Waals surface area contributed by atoms with Crippen LogP contribution in [0.1, 0.15) is 23.2 Å². The van der Waals surface area contributed by atoms with Crippen LogP contribution in [0, 0.1) is 0 Å². The zero-order valence-corrected chi connectivity index (χ0v) is 15.2. The minimum Gasteiger partial charge on any atom is -0.367 e. The molecule has 2 aromatic rings. The van der Waals surface area contributed by atoms with E-state index in [-0.39, 0.29) is 5.91 Å². The number of halogens is 1. The molecule has 2 heterocycles. The minimum absolute atomic E-state index is 0.000908. The molecule has 0 aliphatic carbocycles. The van der Waals surface area contributed by atoms with Crippen LogP contribution >= 0.6 is 11.6 Å². The number of nitrogens with one attached hydrogen (secondary N) is 1. The summed E-state index contributed by atoms with van der Waals surface area (Å²) in [7, 11) is 3.90. The third-order valence-electron chi connectivity index (χ3n) is 4.35. The summed E-state index contributed by atoms with van der Waals surface area (Å²) in [5, 5.41) is 3.95. The van der Waals surface area contributed by atoms with Gasteiger partial charge in [-0.25, -0.2) is 9.97 Å². The largest absolute Gasteiger partial charge is 0.367 e. The van der Waals surface area contributed by atoms with E-state index >= 15 is 0 Å². The van der Waals surface area contributed by atoms with Crippen LogP contribution in [0.4, 0.5) is 11.6 Å². The molecule has 7 heteroatoms. The monoisotopic (exact) mass is 359 g/mol. The molecule has 0 spiro atoms. The average Bonchev–Trinajstić information content (AvgIpc) is 2.62. The second kappa shape index (κ2) is 7.70. The molecule has 25 heavy (non-hydrogen) atoms. The van der Waals surface area contributed by atoms with Crippen molar-refractivity contribution < 1.29 is 4.79 Å². The highest BCUT2D eigenvalue weighted by Crippen LogP contribution is 2.21. The molecule has 132 valence electrons. The number of carbonyl (C=O) groups is 1. The zero-order valence-electron chi connectivity index (χ0n) is 14.4. The Kier molecular flexibility index (Phi) is 5.38. The van der Waals surface area contributed by atoms with E-state index in [1.54, 1.807) is 18.5 Å². The van der Waals surface area contributed by atoms with Crippen LogP contribution in [0.2, 0.25) is 5.02 Å². The van der Waals surface area contributed by atoms with Crippen molar-refractivity contribution in [3.63, 3.8) is 0 Å². The molecule has 0 atom stereocenters. The van der Waals surface area contributed by atoms with Crippen LogP contribution in [-0.2, 0) is 0 Å². The first-order chi connectivity index (χ1) is 12.0. The van der Waals surface area contributed by atoms with Gasteiger partial charge >= 0.3 is 0 Å². The Labute approximate surface area is 152 Å². The Morgan fingerprint density at radius 3 is 2.64 bits per heavy atom. The summed E-state index contributed by atoms with van der Waals surface area (Å²) in [6.07, 6.45) is 3.31. The predicted octanol–water partition coefficient (Wildman–Crippen LogP) is 2.91. The molecule has 1 saturated heterocycles. The maximum atomic E-state index is 12.6. The molecule has 6 nitrogen and oxygen atoms in total. The molecule has 3 rings (SSSR count). The summed E-state index contributed by atoms with van der Waals surface area (Å²) in [4.78, 5) is 24.9. The number of likely N-dealkylation sites (tertiary alicyclic amines) is 1. The molecule has 0 unspecified atom stereocenters. The van der Waals surface area contributed by atoms with E-state index in [1.807, 2.05) is 42.1 Å². The molecule has 1 N–H and O–H groups in total. The predicted molar refractivity (Wildman–Crippen MR) is 100 cm³/mol. The van der Waals surface area contributed by atoms with Gasteiger partial charge in [0, 0.05) is 39.3 Å². The number of piperidine rings is 1. The van der Waals surface area contributed by atoms with E-state index in [4.69, 9.17) is 11.6 Å². The Morgan fingerprint density at radius 1 is 1.24 bits per heavy atom. The normalized spacial score (nSPS) is 15.1. The summed E-state index contributed by atoms with van der Waals surface area (Å²) in [5.41, 5.74) is 0.571. The van der Waals surface area contributed by atoms with Crippen LogP contribution in [0.3, 0.4) is 0 Å². The highest BCUT2D eigenvalue weighted by atomic mass is 35.5. The van der Waals surface area contributed by atoms with Crippen molar-refractivity contribution in [3.8, 4) is 0 Å². The second-order valence-corrected chi connectivity index (χ2v) is 6.75. The maximum Gasteiger partial charge on any atom is 0.255 e. The van der Waals surface area contributed by atoms with Crippen molar-refractivity contribution in [1.82, 2.24) is 14.9 Å². The van der Waals surface area contributed by atoms with Gasteiger partial charge in [0.05, 0.1) is 10.6 Å². The number of anilines is 2. The Morgan fingerprint density at radius 2 is 1.96 bits per heavy atom. The summed E-state index contributed by atoms with van der Waals surface area (Å²) < 4.78 is 0. The van der Waals surface area contributed by atoms with Crippen LogP contribution in [0.25, 0.3) is 0 Å². The highest BCUT2D eigenvalue weighted by molar-refractivity contribution is 6.33.